The number of alkyl halides is 3. The molecule has 0 bridgehead atoms. The van der Waals surface area contributed by atoms with E-state index in [9.17, 15) is 18.0 Å². The van der Waals surface area contributed by atoms with Crippen LogP contribution in [0.3, 0.4) is 0 Å². The van der Waals surface area contributed by atoms with Crippen LogP contribution in [-0.4, -0.2) is 10.6 Å². The highest BCUT2D eigenvalue weighted by Crippen LogP contribution is 2.28. The standard InChI is InChI=1S/C8H3Br2F3O/c9-4-1-2-6(11)5(3-4)7(14)8(10,12)13/h1-3H. The maximum Gasteiger partial charge on any atom is 0.363 e. The van der Waals surface area contributed by atoms with Gasteiger partial charge < -0.3 is 0 Å². The van der Waals surface area contributed by atoms with Crippen LogP contribution in [0.25, 0.3) is 0 Å². The summed E-state index contributed by atoms with van der Waals surface area (Å²) in [6.07, 6.45) is 0. The molecule has 0 amide bonds. The summed E-state index contributed by atoms with van der Waals surface area (Å²) in [5.41, 5.74) is -0.652. The summed E-state index contributed by atoms with van der Waals surface area (Å²) in [4.78, 5) is 7.24. The fraction of sp³-hybridized carbons (Fsp3) is 0.125. The van der Waals surface area contributed by atoms with Gasteiger partial charge in [0.15, 0.2) is 0 Å². The smallest absolute Gasteiger partial charge is 0.286 e. The van der Waals surface area contributed by atoms with Gasteiger partial charge in [0.1, 0.15) is 5.82 Å². The Morgan fingerprint density at radius 3 is 2.43 bits per heavy atom. The SMILES string of the molecule is O=C(c1cc(Br)ccc1F)C(F)(F)Br. The van der Waals surface area contributed by atoms with Crippen molar-refractivity contribution in [2.75, 3.05) is 0 Å². The van der Waals surface area contributed by atoms with E-state index in [1.165, 1.54) is 6.07 Å². The van der Waals surface area contributed by atoms with E-state index in [1.54, 1.807) is 0 Å². The van der Waals surface area contributed by atoms with Crippen molar-refractivity contribution in [1.29, 1.82) is 0 Å². The molecule has 1 nitrogen and oxygen atoms in total. The highest BCUT2D eigenvalue weighted by Gasteiger charge is 2.37. The van der Waals surface area contributed by atoms with E-state index in [1.807, 2.05) is 15.9 Å². The lowest BCUT2D eigenvalue weighted by Crippen LogP contribution is -2.21. The van der Waals surface area contributed by atoms with Crippen molar-refractivity contribution in [2.45, 2.75) is 4.83 Å². The number of rotatable bonds is 2. The Balaban J connectivity index is 3.19. The van der Waals surface area contributed by atoms with Crippen molar-refractivity contribution in [3.8, 4) is 0 Å². The minimum Gasteiger partial charge on any atom is -0.286 e. The molecule has 0 aliphatic heterocycles. The highest BCUT2D eigenvalue weighted by molar-refractivity contribution is 9.10. The van der Waals surface area contributed by atoms with Crippen LogP contribution in [0.5, 0.6) is 0 Å². The molecule has 0 radical (unpaired) electrons. The Hall–Kier alpha value is -0.360. The fourth-order valence-electron chi connectivity index (χ4n) is 0.824. The predicted octanol–water partition coefficient (Wildman–Crippen LogP) is 3.76. The average molecular weight is 332 g/mol. The lowest BCUT2D eigenvalue weighted by atomic mass is 10.1. The van der Waals surface area contributed by atoms with Crippen molar-refractivity contribution in [3.05, 3.63) is 34.1 Å². The Morgan fingerprint density at radius 2 is 1.93 bits per heavy atom. The summed E-state index contributed by atoms with van der Waals surface area (Å²) < 4.78 is 38.3. The van der Waals surface area contributed by atoms with Gasteiger partial charge in [0.05, 0.1) is 5.56 Å². The van der Waals surface area contributed by atoms with Gasteiger partial charge in [0.25, 0.3) is 0 Å². The lowest BCUT2D eigenvalue weighted by molar-refractivity contribution is 0.0588. The summed E-state index contributed by atoms with van der Waals surface area (Å²) in [7, 11) is 0. The van der Waals surface area contributed by atoms with Gasteiger partial charge in [-0.2, -0.15) is 8.78 Å². The second-order valence-corrected chi connectivity index (χ2v) is 4.36. The molecule has 0 aromatic heterocycles. The molecule has 0 saturated heterocycles. The molecule has 1 rings (SSSR count). The van der Waals surface area contributed by atoms with E-state index >= 15 is 0 Å². The third-order valence-electron chi connectivity index (χ3n) is 1.43. The Labute approximate surface area is 94.6 Å². The highest BCUT2D eigenvalue weighted by atomic mass is 79.9. The van der Waals surface area contributed by atoms with Crippen LogP contribution in [0.2, 0.25) is 0 Å². The summed E-state index contributed by atoms with van der Waals surface area (Å²) in [5.74, 6) is -2.58. The summed E-state index contributed by atoms with van der Waals surface area (Å²) in [6.45, 7) is 0. The molecule has 1 aromatic carbocycles. The minimum atomic E-state index is -3.74. The second kappa shape index (κ2) is 4.02. The maximum absolute atomic E-state index is 13.0. The minimum absolute atomic E-state index is 0.360. The zero-order chi connectivity index (χ0) is 10.9. The van der Waals surface area contributed by atoms with Crippen molar-refractivity contribution in [2.24, 2.45) is 0 Å². The first-order chi connectivity index (χ1) is 6.32. The zero-order valence-corrected chi connectivity index (χ0v) is 9.70. The van der Waals surface area contributed by atoms with E-state index in [0.717, 1.165) is 12.1 Å². The molecule has 0 fully saturated rings. The van der Waals surface area contributed by atoms with Crippen molar-refractivity contribution in [1.82, 2.24) is 0 Å². The van der Waals surface area contributed by atoms with Crippen LogP contribution in [0.15, 0.2) is 22.7 Å². The van der Waals surface area contributed by atoms with Gasteiger partial charge in [-0.1, -0.05) is 15.9 Å². The topological polar surface area (TPSA) is 17.1 Å². The van der Waals surface area contributed by atoms with E-state index in [4.69, 9.17) is 0 Å². The number of Topliss-reactive ketones (excluding diaryl/α,β-unsaturated/α-hetero) is 1. The number of carbonyl (C=O) groups excluding carboxylic acids is 1. The van der Waals surface area contributed by atoms with E-state index in [0.29, 0.717) is 4.47 Å². The van der Waals surface area contributed by atoms with Gasteiger partial charge in [-0.3, -0.25) is 4.79 Å². The molecule has 0 spiro atoms. The Bertz CT molecular complexity index is 373. The van der Waals surface area contributed by atoms with Crippen LogP contribution >= 0.6 is 31.9 Å². The van der Waals surface area contributed by atoms with Crippen LogP contribution in [0.4, 0.5) is 13.2 Å². The van der Waals surface area contributed by atoms with Crippen LogP contribution in [0, 0.1) is 5.82 Å². The molecule has 6 heteroatoms. The van der Waals surface area contributed by atoms with Crippen molar-refractivity contribution >= 4 is 37.6 Å². The van der Waals surface area contributed by atoms with Crippen LogP contribution in [-0.2, 0) is 0 Å². The average Bonchev–Trinajstić information content (AvgIpc) is 2.06. The van der Waals surface area contributed by atoms with E-state index in [-0.39, 0.29) is 0 Å². The Kier molecular flexibility index (Phi) is 3.36. The molecule has 0 saturated carbocycles. The molecule has 76 valence electrons. The van der Waals surface area contributed by atoms with Gasteiger partial charge in [-0.25, -0.2) is 4.39 Å². The number of ketones is 1. The molecule has 14 heavy (non-hydrogen) atoms. The summed E-state index contributed by atoms with van der Waals surface area (Å²) >= 11 is 4.83. The van der Waals surface area contributed by atoms with Gasteiger partial charge >= 0.3 is 4.83 Å². The molecule has 1 aromatic rings. The third kappa shape index (κ3) is 2.57. The first-order valence-electron chi connectivity index (χ1n) is 3.39. The van der Waals surface area contributed by atoms with Gasteiger partial charge in [0.2, 0.25) is 5.78 Å². The number of hydrogen-bond acceptors (Lipinski definition) is 1. The summed E-state index contributed by atoms with van der Waals surface area (Å²) in [6, 6.07) is 3.27. The number of benzene rings is 1. The predicted molar refractivity (Wildman–Crippen MR) is 52.3 cm³/mol. The van der Waals surface area contributed by atoms with Gasteiger partial charge in [-0.15, -0.1) is 0 Å². The largest absolute Gasteiger partial charge is 0.363 e. The molecule has 0 aliphatic rings. The molecular formula is C8H3Br2F3O. The molecule has 0 heterocycles. The van der Waals surface area contributed by atoms with Gasteiger partial charge in [-0.05, 0) is 34.1 Å². The first kappa shape index (κ1) is 11.7. The zero-order valence-electron chi connectivity index (χ0n) is 6.53. The maximum atomic E-state index is 13.0. The number of carbonyl (C=O) groups is 1. The van der Waals surface area contributed by atoms with Crippen molar-refractivity contribution in [3.63, 3.8) is 0 Å². The molecular weight excluding hydrogens is 329 g/mol. The first-order valence-corrected chi connectivity index (χ1v) is 4.97. The monoisotopic (exact) mass is 330 g/mol. The quantitative estimate of drug-likeness (QED) is 0.595. The normalized spacial score (nSPS) is 11.5. The fourth-order valence-corrected chi connectivity index (χ4v) is 1.40. The summed E-state index contributed by atoms with van der Waals surface area (Å²) in [5, 5.41) is 0. The third-order valence-corrected chi connectivity index (χ3v) is 2.28. The van der Waals surface area contributed by atoms with E-state index < -0.39 is 22.0 Å². The number of hydrogen-bond donors (Lipinski definition) is 0. The molecule has 0 unspecified atom stereocenters. The molecule has 0 atom stereocenters. The number of halogens is 5. The molecule has 0 aliphatic carbocycles. The Morgan fingerprint density at radius 1 is 1.36 bits per heavy atom. The van der Waals surface area contributed by atoms with Crippen LogP contribution < -0.4 is 0 Å². The molecule has 0 N–H and O–H groups in total. The van der Waals surface area contributed by atoms with Crippen LogP contribution in [0.1, 0.15) is 10.4 Å². The van der Waals surface area contributed by atoms with E-state index in [2.05, 4.69) is 15.9 Å². The lowest BCUT2D eigenvalue weighted by Gasteiger charge is -2.07. The van der Waals surface area contributed by atoms with Gasteiger partial charge in [0, 0.05) is 4.47 Å². The second-order valence-electron chi connectivity index (χ2n) is 2.45. The van der Waals surface area contributed by atoms with Crippen molar-refractivity contribution < 1.29 is 18.0 Å².